The van der Waals surface area contributed by atoms with Crippen molar-refractivity contribution in [2.24, 2.45) is 0 Å². The van der Waals surface area contributed by atoms with Crippen molar-refractivity contribution in [1.29, 1.82) is 0 Å². The van der Waals surface area contributed by atoms with Gasteiger partial charge in [-0.05, 0) is 74.2 Å². The molecule has 61 heavy (non-hydrogen) atoms. The lowest BCUT2D eigenvalue weighted by Gasteiger charge is -2.19. The summed E-state index contributed by atoms with van der Waals surface area (Å²) in [7, 11) is -4.13. The molecule has 288 valence electrons. The number of sulfone groups is 1. The first kappa shape index (κ1) is 36.3. The highest BCUT2D eigenvalue weighted by molar-refractivity contribution is 7.92. The molecule has 0 spiro atoms. The van der Waals surface area contributed by atoms with Gasteiger partial charge < -0.3 is 0 Å². The molecule has 0 amide bonds. The Hall–Kier alpha value is -7.80. The second-order valence-electron chi connectivity index (χ2n) is 15.2. The van der Waals surface area contributed by atoms with E-state index in [2.05, 4.69) is 65.6 Å². The fourth-order valence-corrected chi connectivity index (χ4v) is 10.6. The Labute approximate surface area is 354 Å². The first-order chi connectivity index (χ1) is 30.0. The van der Waals surface area contributed by atoms with E-state index in [9.17, 15) is 0 Å². The molecule has 0 bridgehead atoms. The summed E-state index contributed by atoms with van der Waals surface area (Å²) >= 11 is 0. The van der Waals surface area contributed by atoms with Crippen LogP contribution in [0.2, 0.25) is 0 Å². The summed E-state index contributed by atoms with van der Waals surface area (Å²) in [6.45, 7) is 0. The molecule has 10 aromatic rings. The Bertz CT molecular complexity index is 3420. The van der Waals surface area contributed by atoms with Crippen molar-refractivity contribution in [3.05, 3.63) is 213 Å². The molecule has 5 nitrogen and oxygen atoms in total. The van der Waals surface area contributed by atoms with Gasteiger partial charge in [-0.25, -0.2) is 18.4 Å². The van der Waals surface area contributed by atoms with Crippen LogP contribution in [0.1, 0.15) is 0 Å². The number of rotatable bonds is 4. The first-order valence-corrected chi connectivity index (χ1v) is 21.6. The standard InChI is InChI=1S/C55H35N3O2S/c59-61(60)53-23-11-10-22-48(53)46-21-9-8-19-44(46)43-18-6-7-20-45(43)47-30-29-40(33-50(47)49-31-28-37-13-4-5-17-42(37)54(49)61)52-34-51(38-14-2-1-3-15-38)57-55(58-52)39-26-24-36(25-27-39)41-16-12-32-56-35-41/h1-35H. The van der Waals surface area contributed by atoms with Gasteiger partial charge in [-0.2, -0.15) is 0 Å². The number of pyridine rings is 1. The summed E-state index contributed by atoms with van der Waals surface area (Å²) in [5.74, 6) is 0.582. The molecular formula is C55H35N3O2S. The second-order valence-corrected chi connectivity index (χ2v) is 17.0. The van der Waals surface area contributed by atoms with Crippen LogP contribution >= 0.6 is 0 Å². The predicted molar refractivity (Wildman–Crippen MR) is 246 cm³/mol. The van der Waals surface area contributed by atoms with Crippen LogP contribution < -0.4 is 0 Å². The van der Waals surface area contributed by atoms with Crippen molar-refractivity contribution in [1.82, 2.24) is 15.0 Å². The molecule has 8 aromatic carbocycles. The van der Waals surface area contributed by atoms with Crippen molar-refractivity contribution in [3.8, 4) is 89.5 Å². The molecule has 6 heteroatoms. The molecule has 0 atom stereocenters. The minimum Gasteiger partial charge on any atom is -0.264 e. The SMILES string of the molecule is O=S1(=O)c2ccccc2-c2ccccc2-c2ccccc2-c2ccc(-c3cc(-c4ccccc4)nc(-c4ccc(-c5cccnc5)cc4)n3)cc2-c2ccc3ccccc3c21. The van der Waals surface area contributed by atoms with E-state index in [4.69, 9.17) is 9.97 Å². The fraction of sp³-hybridized carbons (Fsp3) is 0. The van der Waals surface area contributed by atoms with Gasteiger partial charge in [0.25, 0.3) is 0 Å². The minimum atomic E-state index is -4.13. The van der Waals surface area contributed by atoms with Gasteiger partial charge in [0.15, 0.2) is 5.82 Å². The monoisotopic (exact) mass is 801 g/mol. The smallest absolute Gasteiger partial charge is 0.208 e. The van der Waals surface area contributed by atoms with Gasteiger partial charge in [-0.3, -0.25) is 4.98 Å². The molecule has 0 aliphatic carbocycles. The summed E-state index contributed by atoms with van der Waals surface area (Å²) < 4.78 is 31.2. The molecule has 2 aromatic heterocycles. The number of aromatic nitrogens is 3. The second kappa shape index (κ2) is 14.8. The third kappa shape index (κ3) is 6.33. The molecular weight excluding hydrogens is 767 g/mol. The Kier molecular flexibility index (Phi) is 8.80. The number of hydrogen-bond donors (Lipinski definition) is 0. The number of hydrogen-bond acceptors (Lipinski definition) is 5. The minimum absolute atomic E-state index is 0.264. The van der Waals surface area contributed by atoms with Crippen molar-refractivity contribution >= 4 is 20.6 Å². The lowest BCUT2D eigenvalue weighted by molar-refractivity contribution is 0.597. The van der Waals surface area contributed by atoms with Crippen LogP contribution in [0.15, 0.2) is 222 Å². The largest absolute Gasteiger partial charge is 0.264 e. The molecule has 1 aliphatic heterocycles. The summed E-state index contributed by atoms with van der Waals surface area (Å²) in [4.78, 5) is 15.2. The Balaban J connectivity index is 1.20. The fourth-order valence-electron chi connectivity index (χ4n) is 8.67. The van der Waals surface area contributed by atoms with E-state index in [-0.39, 0.29) is 9.79 Å². The zero-order chi connectivity index (χ0) is 40.9. The van der Waals surface area contributed by atoms with E-state index in [1.807, 2.05) is 140 Å². The summed E-state index contributed by atoms with van der Waals surface area (Å²) in [6.07, 6.45) is 3.63. The van der Waals surface area contributed by atoms with Gasteiger partial charge in [0.05, 0.1) is 21.2 Å². The average molecular weight is 802 g/mol. The van der Waals surface area contributed by atoms with E-state index >= 15 is 8.42 Å². The highest BCUT2D eigenvalue weighted by Crippen LogP contribution is 2.49. The van der Waals surface area contributed by atoms with E-state index in [0.717, 1.165) is 72.3 Å². The van der Waals surface area contributed by atoms with Crippen LogP contribution in [-0.4, -0.2) is 23.4 Å². The quantitative estimate of drug-likeness (QED) is 0.177. The van der Waals surface area contributed by atoms with E-state index < -0.39 is 9.84 Å². The van der Waals surface area contributed by atoms with Crippen LogP contribution in [0, 0.1) is 0 Å². The van der Waals surface area contributed by atoms with Crippen molar-refractivity contribution in [3.63, 3.8) is 0 Å². The van der Waals surface area contributed by atoms with Gasteiger partial charge in [0.1, 0.15) is 0 Å². The number of nitrogens with zero attached hydrogens (tertiary/aromatic N) is 3. The van der Waals surface area contributed by atoms with Crippen LogP contribution in [-0.2, 0) is 9.84 Å². The molecule has 0 fully saturated rings. The third-order valence-electron chi connectivity index (χ3n) is 11.6. The lowest BCUT2D eigenvalue weighted by Crippen LogP contribution is -2.07. The topological polar surface area (TPSA) is 72.8 Å². The Morgan fingerprint density at radius 3 is 1.61 bits per heavy atom. The van der Waals surface area contributed by atoms with Gasteiger partial charge in [-0.1, -0.05) is 176 Å². The van der Waals surface area contributed by atoms with Gasteiger partial charge >= 0.3 is 0 Å². The predicted octanol–water partition coefficient (Wildman–Crippen LogP) is 13.5. The Morgan fingerprint density at radius 1 is 0.361 bits per heavy atom. The molecule has 0 saturated carbocycles. The van der Waals surface area contributed by atoms with E-state index in [1.54, 1.807) is 12.3 Å². The maximum absolute atomic E-state index is 15.6. The van der Waals surface area contributed by atoms with Gasteiger partial charge in [0.2, 0.25) is 9.84 Å². The summed E-state index contributed by atoms with van der Waals surface area (Å²) in [5, 5.41) is 1.51. The van der Waals surface area contributed by atoms with Crippen LogP contribution in [0.3, 0.4) is 0 Å². The van der Waals surface area contributed by atoms with Crippen molar-refractivity contribution < 1.29 is 8.42 Å². The zero-order valence-corrected chi connectivity index (χ0v) is 33.6. The highest BCUT2D eigenvalue weighted by atomic mass is 32.2. The van der Waals surface area contributed by atoms with Crippen LogP contribution in [0.25, 0.3) is 100 Å². The molecule has 3 heterocycles. The number of benzene rings is 8. The third-order valence-corrected chi connectivity index (χ3v) is 13.5. The molecule has 0 saturated heterocycles. The maximum atomic E-state index is 15.6. The van der Waals surface area contributed by atoms with Crippen LogP contribution in [0.5, 0.6) is 0 Å². The lowest BCUT2D eigenvalue weighted by atomic mass is 9.85. The first-order valence-electron chi connectivity index (χ1n) is 20.2. The average Bonchev–Trinajstić information content (AvgIpc) is 3.34. The molecule has 1 aliphatic rings. The van der Waals surface area contributed by atoms with Gasteiger partial charge in [-0.15, -0.1) is 0 Å². The summed E-state index contributed by atoms with van der Waals surface area (Å²) in [6, 6.07) is 66.3. The molecule has 0 radical (unpaired) electrons. The summed E-state index contributed by atoms with van der Waals surface area (Å²) in [5.41, 5.74) is 13.0. The number of fused-ring (bicyclic) bond motifs is 11. The van der Waals surface area contributed by atoms with Gasteiger partial charge in [0, 0.05) is 45.6 Å². The normalized spacial score (nSPS) is 12.5. The maximum Gasteiger partial charge on any atom is 0.208 e. The van der Waals surface area contributed by atoms with Crippen molar-refractivity contribution in [2.45, 2.75) is 9.79 Å². The molecule has 11 rings (SSSR count). The van der Waals surface area contributed by atoms with Crippen molar-refractivity contribution in [2.75, 3.05) is 0 Å². The Morgan fingerprint density at radius 2 is 0.902 bits per heavy atom. The molecule has 0 unspecified atom stereocenters. The molecule has 0 N–H and O–H groups in total. The van der Waals surface area contributed by atoms with Crippen LogP contribution in [0.4, 0.5) is 0 Å². The zero-order valence-electron chi connectivity index (χ0n) is 32.8. The van der Waals surface area contributed by atoms with E-state index in [0.29, 0.717) is 28.0 Å². The highest BCUT2D eigenvalue weighted by Gasteiger charge is 2.31. The van der Waals surface area contributed by atoms with E-state index in [1.165, 1.54) is 0 Å².